The molecule has 7 nitrogen and oxygen atoms in total. The number of nitrogens with zero attached hydrogens (tertiary/aromatic N) is 2. The van der Waals surface area contributed by atoms with Gasteiger partial charge in [0, 0.05) is 39.6 Å². The average Bonchev–Trinajstić information content (AvgIpc) is 3.18. The summed E-state index contributed by atoms with van der Waals surface area (Å²) >= 11 is 0. The molecule has 3 N–H and O–H groups in total. The SMILES string of the molecule is CN=C(NCc1ccc(OC)c(NC(C)=O)c1)NC1CCN(c2c(F)cccc2F)C1.I. The molecule has 1 aliphatic rings. The standard InChI is InChI=1S/C22H27F2N5O2.HI/c1-14(30)27-19-11-15(7-8-20(19)31-3)12-26-22(25-2)28-16-9-10-29(13-16)21-17(23)5-4-6-18(21)24;/h4-8,11,16H,9-10,12-13H2,1-3H3,(H,27,30)(H2,25,26,28);1H. The van der Waals surface area contributed by atoms with E-state index < -0.39 is 11.6 Å². The fourth-order valence-electron chi connectivity index (χ4n) is 3.60. The van der Waals surface area contributed by atoms with E-state index in [2.05, 4.69) is 20.9 Å². The van der Waals surface area contributed by atoms with Gasteiger partial charge in [0.25, 0.3) is 0 Å². The summed E-state index contributed by atoms with van der Waals surface area (Å²) in [5, 5.41) is 9.28. The van der Waals surface area contributed by atoms with Crippen LogP contribution in [0.15, 0.2) is 41.4 Å². The number of nitrogens with one attached hydrogen (secondary N) is 3. The molecule has 2 aromatic carbocycles. The van der Waals surface area contributed by atoms with E-state index >= 15 is 0 Å². The topological polar surface area (TPSA) is 78.0 Å². The second-order valence-corrected chi connectivity index (χ2v) is 7.29. The molecule has 1 saturated heterocycles. The normalized spacial score (nSPS) is 15.7. The van der Waals surface area contributed by atoms with Crippen molar-refractivity contribution < 1.29 is 18.3 Å². The smallest absolute Gasteiger partial charge is 0.221 e. The van der Waals surface area contributed by atoms with Gasteiger partial charge < -0.3 is 25.6 Å². The molecule has 2 aromatic rings. The number of methoxy groups -OCH3 is 1. The van der Waals surface area contributed by atoms with Crippen LogP contribution in [0, 0.1) is 11.6 Å². The van der Waals surface area contributed by atoms with Crippen LogP contribution >= 0.6 is 24.0 Å². The molecule has 0 aliphatic carbocycles. The van der Waals surface area contributed by atoms with E-state index in [9.17, 15) is 13.6 Å². The number of guanidine groups is 1. The van der Waals surface area contributed by atoms with Crippen LogP contribution in [0.4, 0.5) is 20.2 Å². The predicted octanol–water partition coefficient (Wildman–Crippen LogP) is 3.49. The highest BCUT2D eigenvalue weighted by molar-refractivity contribution is 14.0. The van der Waals surface area contributed by atoms with E-state index in [0.29, 0.717) is 37.0 Å². The lowest BCUT2D eigenvalue weighted by molar-refractivity contribution is -0.114. The molecular weight excluding hydrogens is 531 g/mol. The molecule has 32 heavy (non-hydrogen) atoms. The van der Waals surface area contributed by atoms with Crippen molar-refractivity contribution in [3.63, 3.8) is 0 Å². The van der Waals surface area contributed by atoms with Crippen molar-refractivity contribution in [1.29, 1.82) is 0 Å². The van der Waals surface area contributed by atoms with Crippen LogP contribution < -0.4 is 25.6 Å². The molecule has 0 saturated carbocycles. The van der Waals surface area contributed by atoms with Gasteiger partial charge >= 0.3 is 0 Å². The van der Waals surface area contributed by atoms with E-state index in [1.165, 1.54) is 25.1 Å². The number of para-hydroxylation sites is 1. The summed E-state index contributed by atoms with van der Waals surface area (Å²) < 4.78 is 33.4. The summed E-state index contributed by atoms with van der Waals surface area (Å²) in [5.74, 6) is -0.140. The molecule has 3 rings (SSSR count). The molecule has 0 bridgehead atoms. The zero-order valence-corrected chi connectivity index (χ0v) is 20.6. The summed E-state index contributed by atoms with van der Waals surface area (Å²) in [5.41, 5.74) is 1.53. The minimum Gasteiger partial charge on any atom is -0.495 e. The third-order valence-corrected chi connectivity index (χ3v) is 5.04. The van der Waals surface area contributed by atoms with Gasteiger partial charge in [0.15, 0.2) is 5.96 Å². The number of anilines is 2. The first-order valence-electron chi connectivity index (χ1n) is 10.0. The first kappa shape index (κ1) is 25.6. The van der Waals surface area contributed by atoms with E-state index in [1.54, 1.807) is 25.1 Å². The number of rotatable bonds is 6. The molecule has 1 heterocycles. The van der Waals surface area contributed by atoms with Gasteiger partial charge in [-0.2, -0.15) is 0 Å². The number of aliphatic imine (C=N–C) groups is 1. The van der Waals surface area contributed by atoms with E-state index in [4.69, 9.17) is 4.74 Å². The van der Waals surface area contributed by atoms with Gasteiger partial charge in [0.05, 0.1) is 12.8 Å². The Hall–Kier alpha value is -2.63. The molecule has 0 spiro atoms. The molecule has 10 heteroatoms. The van der Waals surface area contributed by atoms with Crippen molar-refractivity contribution in [2.75, 3.05) is 37.5 Å². The number of amides is 1. The maximum absolute atomic E-state index is 14.1. The Balaban J connectivity index is 0.00000363. The monoisotopic (exact) mass is 559 g/mol. The molecule has 1 unspecified atom stereocenters. The molecule has 1 fully saturated rings. The van der Waals surface area contributed by atoms with Crippen molar-refractivity contribution in [2.45, 2.75) is 25.9 Å². The van der Waals surface area contributed by atoms with Crippen LogP contribution in [-0.2, 0) is 11.3 Å². The molecular formula is C22H28F2IN5O2. The highest BCUT2D eigenvalue weighted by atomic mass is 127. The Labute approximate surface area is 203 Å². The third kappa shape index (κ3) is 6.44. The zero-order valence-electron chi connectivity index (χ0n) is 18.2. The highest BCUT2D eigenvalue weighted by Gasteiger charge is 2.27. The Kier molecular flexibility index (Phi) is 9.48. The lowest BCUT2D eigenvalue weighted by atomic mass is 10.2. The van der Waals surface area contributed by atoms with Crippen LogP contribution in [0.2, 0.25) is 0 Å². The minimum atomic E-state index is -0.558. The summed E-state index contributed by atoms with van der Waals surface area (Å²) in [4.78, 5) is 17.4. The summed E-state index contributed by atoms with van der Waals surface area (Å²) in [6.07, 6.45) is 0.726. The largest absolute Gasteiger partial charge is 0.495 e. The number of hydrogen-bond donors (Lipinski definition) is 3. The Morgan fingerprint density at radius 2 is 1.97 bits per heavy atom. The number of carbonyl (C=O) groups excluding carboxylic acids is 1. The lowest BCUT2D eigenvalue weighted by Crippen LogP contribution is -2.44. The first-order chi connectivity index (χ1) is 14.9. The van der Waals surface area contributed by atoms with Gasteiger partial charge in [0.1, 0.15) is 23.1 Å². The van der Waals surface area contributed by atoms with Crippen LogP contribution in [0.25, 0.3) is 0 Å². The third-order valence-electron chi connectivity index (χ3n) is 5.04. The summed E-state index contributed by atoms with van der Waals surface area (Å²) in [6, 6.07) is 9.41. The van der Waals surface area contributed by atoms with Crippen LogP contribution in [-0.4, -0.2) is 45.2 Å². The van der Waals surface area contributed by atoms with Crippen molar-refractivity contribution >= 4 is 47.2 Å². The number of hydrogen-bond acceptors (Lipinski definition) is 4. The van der Waals surface area contributed by atoms with Gasteiger partial charge in [-0.25, -0.2) is 8.78 Å². The fourth-order valence-corrected chi connectivity index (χ4v) is 3.60. The second-order valence-electron chi connectivity index (χ2n) is 7.29. The average molecular weight is 559 g/mol. The maximum Gasteiger partial charge on any atom is 0.221 e. The summed E-state index contributed by atoms with van der Waals surface area (Å²) in [6.45, 7) is 2.92. The van der Waals surface area contributed by atoms with Gasteiger partial charge in [-0.05, 0) is 36.2 Å². The van der Waals surface area contributed by atoms with Gasteiger partial charge in [-0.1, -0.05) is 12.1 Å². The number of benzene rings is 2. The zero-order chi connectivity index (χ0) is 22.4. The van der Waals surface area contributed by atoms with E-state index in [1.807, 2.05) is 12.1 Å². The van der Waals surface area contributed by atoms with Crippen molar-refractivity contribution in [3.8, 4) is 5.75 Å². The summed E-state index contributed by atoms with van der Waals surface area (Å²) in [7, 11) is 3.21. The highest BCUT2D eigenvalue weighted by Crippen LogP contribution is 2.27. The van der Waals surface area contributed by atoms with Crippen LogP contribution in [0.3, 0.4) is 0 Å². The number of ether oxygens (including phenoxy) is 1. The predicted molar refractivity (Wildman–Crippen MR) is 133 cm³/mol. The van der Waals surface area contributed by atoms with Gasteiger partial charge in [-0.15, -0.1) is 24.0 Å². The van der Waals surface area contributed by atoms with Crippen molar-refractivity contribution in [1.82, 2.24) is 10.6 Å². The molecule has 174 valence electrons. The van der Waals surface area contributed by atoms with Gasteiger partial charge in [-0.3, -0.25) is 9.79 Å². The second kappa shape index (κ2) is 11.8. The maximum atomic E-state index is 14.1. The molecule has 1 amide bonds. The molecule has 0 radical (unpaired) electrons. The Morgan fingerprint density at radius 1 is 1.25 bits per heavy atom. The van der Waals surface area contributed by atoms with Crippen LogP contribution in [0.1, 0.15) is 18.9 Å². The molecule has 1 atom stereocenters. The molecule has 0 aromatic heterocycles. The number of carbonyl (C=O) groups is 1. The first-order valence-corrected chi connectivity index (χ1v) is 10.0. The Bertz CT molecular complexity index is 953. The van der Waals surface area contributed by atoms with Crippen molar-refractivity contribution in [2.24, 2.45) is 4.99 Å². The van der Waals surface area contributed by atoms with Crippen molar-refractivity contribution in [3.05, 3.63) is 53.6 Å². The quantitative estimate of drug-likeness (QED) is 0.287. The van der Waals surface area contributed by atoms with E-state index in [0.717, 1.165) is 12.0 Å². The van der Waals surface area contributed by atoms with E-state index in [-0.39, 0.29) is 41.6 Å². The Morgan fingerprint density at radius 3 is 2.59 bits per heavy atom. The molecule has 1 aliphatic heterocycles. The minimum absolute atomic E-state index is 0. The van der Waals surface area contributed by atoms with Crippen LogP contribution in [0.5, 0.6) is 5.75 Å². The van der Waals surface area contributed by atoms with Gasteiger partial charge in [0.2, 0.25) is 5.91 Å². The number of halogens is 3. The lowest BCUT2D eigenvalue weighted by Gasteiger charge is -2.21. The fraction of sp³-hybridized carbons (Fsp3) is 0.364.